The third-order valence-corrected chi connectivity index (χ3v) is 9.02. The summed E-state index contributed by atoms with van der Waals surface area (Å²) in [4.78, 5) is 55.1. The normalized spacial score (nSPS) is 13.7. The first-order valence-corrected chi connectivity index (χ1v) is 14.3. The van der Waals surface area contributed by atoms with Gasteiger partial charge in [0.25, 0.3) is 17.7 Å². The van der Waals surface area contributed by atoms with Gasteiger partial charge in [-0.1, -0.05) is 50.1 Å². The van der Waals surface area contributed by atoms with E-state index in [1.165, 1.54) is 9.80 Å². The fraction of sp³-hybridized carbons (Fsp3) is 0.226. The molecule has 39 heavy (non-hydrogen) atoms. The van der Waals surface area contributed by atoms with Crippen LogP contribution in [0.4, 0.5) is 0 Å². The van der Waals surface area contributed by atoms with E-state index in [4.69, 9.17) is 0 Å². The molecule has 5 aromatic rings. The molecule has 0 aromatic heterocycles. The Bertz CT molecular complexity index is 1940. The van der Waals surface area contributed by atoms with Gasteiger partial charge in [-0.2, -0.15) is 0 Å². The van der Waals surface area contributed by atoms with Crippen LogP contribution in [0.15, 0.2) is 45.3 Å². The van der Waals surface area contributed by atoms with Gasteiger partial charge < -0.3 is 0 Å². The van der Waals surface area contributed by atoms with Crippen LogP contribution in [0, 0.1) is 6.92 Å². The van der Waals surface area contributed by atoms with Crippen LogP contribution in [-0.2, 0) is 4.79 Å². The minimum absolute atomic E-state index is 0.279. The number of fused-ring (bicyclic) bond motifs is 2. The first kappa shape index (κ1) is 25.9. The van der Waals surface area contributed by atoms with Crippen LogP contribution in [0.25, 0.3) is 43.1 Å². The Morgan fingerprint density at radius 3 is 1.95 bits per heavy atom. The highest BCUT2D eigenvalue weighted by atomic mass is 79.9. The molecule has 1 aliphatic rings. The van der Waals surface area contributed by atoms with E-state index in [-0.39, 0.29) is 29.8 Å². The van der Waals surface area contributed by atoms with Gasteiger partial charge in [-0.15, -0.1) is 0 Å². The van der Waals surface area contributed by atoms with Crippen LogP contribution in [-0.4, -0.2) is 46.0 Å². The predicted molar refractivity (Wildman–Crippen MR) is 161 cm³/mol. The summed E-state index contributed by atoms with van der Waals surface area (Å²) >= 11 is 7.49. The Balaban J connectivity index is 1.84. The van der Waals surface area contributed by atoms with E-state index in [0.717, 1.165) is 47.7 Å². The van der Waals surface area contributed by atoms with Gasteiger partial charge in [-0.05, 0) is 79.9 Å². The topological polar surface area (TPSA) is 74.8 Å². The Morgan fingerprint density at radius 2 is 1.36 bits per heavy atom. The zero-order valence-corrected chi connectivity index (χ0v) is 25.2. The third kappa shape index (κ3) is 3.37. The summed E-state index contributed by atoms with van der Waals surface area (Å²) in [6, 6.07) is 10.7. The number of imide groups is 2. The highest BCUT2D eigenvalue weighted by Gasteiger charge is 2.36. The lowest BCUT2D eigenvalue weighted by atomic mass is 9.83. The number of carbonyl (C=O) groups excluding carboxylic acids is 4. The highest BCUT2D eigenvalue weighted by molar-refractivity contribution is 9.11. The van der Waals surface area contributed by atoms with Crippen molar-refractivity contribution in [3.05, 3.63) is 67.6 Å². The summed E-state index contributed by atoms with van der Waals surface area (Å²) in [5.74, 6) is -0.980. The molecule has 0 aliphatic carbocycles. The first-order valence-electron chi connectivity index (χ1n) is 12.7. The minimum atomic E-state index is -0.368. The number of amides is 4. The fourth-order valence-corrected chi connectivity index (χ4v) is 7.34. The van der Waals surface area contributed by atoms with Crippen LogP contribution >= 0.6 is 31.9 Å². The molecule has 0 saturated heterocycles. The molecule has 1 heterocycles. The maximum Gasteiger partial charge on any atom is 0.261 e. The Hall–Kier alpha value is -3.36. The van der Waals surface area contributed by atoms with Crippen LogP contribution in [0.1, 0.15) is 64.3 Å². The Kier molecular flexibility index (Phi) is 5.86. The predicted octanol–water partition coefficient (Wildman–Crippen LogP) is 7.58. The molecule has 5 aromatic carbocycles. The van der Waals surface area contributed by atoms with Gasteiger partial charge in [0.15, 0.2) is 0 Å². The molecule has 0 atom stereocenters. The number of nitrogens with zero attached hydrogens (tertiary/aromatic N) is 2. The first-order chi connectivity index (χ1) is 18.5. The van der Waals surface area contributed by atoms with E-state index >= 15 is 0 Å². The van der Waals surface area contributed by atoms with Crippen LogP contribution in [0.5, 0.6) is 0 Å². The smallest absolute Gasteiger partial charge is 0.261 e. The largest absolute Gasteiger partial charge is 0.279 e. The number of hydrogen-bond acceptors (Lipinski definition) is 4. The van der Waals surface area contributed by atoms with Gasteiger partial charge in [-0.25, -0.2) is 0 Å². The van der Waals surface area contributed by atoms with E-state index in [2.05, 4.69) is 31.9 Å². The SMILES string of the molecule is Cc1ccc2c3c(Br)cc4c5c(ccc(c6c(Br)cc(C(=O)N(C=O)C(C)C)c1c26)c53)C(=O)N(C(C)C)C4=O. The standard InChI is InChI=1S/C31H24Br2N2O4/c1-13(2)34(12-36)29(37)19-10-21(32)25-17-8-9-18-24-20(31(39)35(14(3)4)30(18)38)11-22(33)26(28(17)24)16-7-6-15(5)23(19)27(16)25/h6-14H,1-5H3. The van der Waals surface area contributed by atoms with Crippen molar-refractivity contribution in [2.24, 2.45) is 0 Å². The van der Waals surface area contributed by atoms with E-state index in [1.54, 1.807) is 26.0 Å². The second-order valence-corrected chi connectivity index (χ2v) is 12.3. The summed E-state index contributed by atoms with van der Waals surface area (Å²) in [6.07, 6.45) is 0.578. The number of aryl methyl sites for hydroxylation is 1. The molecule has 0 fully saturated rings. The van der Waals surface area contributed by atoms with Crippen LogP contribution < -0.4 is 0 Å². The number of benzene rings is 5. The van der Waals surface area contributed by atoms with Gasteiger partial charge in [-0.3, -0.25) is 29.0 Å². The molecule has 1 aliphatic heterocycles. The summed E-state index contributed by atoms with van der Waals surface area (Å²) in [5.41, 5.74) is 2.32. The summed E-state index contributed by atoms with van der Waals surface area (Å²) in [6.45, 7) is 9.22. The van der Waals surface area contributed by atoms with Crippen LogP contribution in [0.2, 0.25) is 0 Å². The molecule has 6 nitrogen and oxygen atoms in total. The molecule has 0 spiro atoms. The second kappa shape index (κ2) is 8.83. The maximum absolute atomic E-state index is 13.6. The molecule has 0 N–H and O–H groups in total. The summed E-state index contributed by atoms with van der Waals surface area (Å²) < 4.78 is 1.43. The van der Waals surface area contributed by atoms with Gasteiger partial charge in [0.1, 0.15) is 0 Å². The van der Waals surface area contributed by atoms with Crippen molar-refractivity contribution in [3.63, 3.8) is 0 Å². The van der Waals surface area contributed by atoms with Gasteiger partial charge in [0, 0.05) is 59.3 Å². The molecule has 0 bridgehead atoms. The molecular formula is C31H24Br2N2O4. The average molecular weight is 648 g/mol. The Labute approximate surface area is 241 Å². The molecule has 0 radical (unpaired) electrons. The molecule has 8 heteroatoms. The van der Waals surface area contributed by atoms with Gasteiger partial charge >= 0.3 is 0 Å². The second-order valence-electron chi connectivity index (χ2n) is 10.6. The van der Waals surface area contributed by atoms with Gasteiger partial charge in [0.2, 0.25) is 6.41 Å². The van der Waals surface area contributed by atoms with E-state index in [1.807, 2.05) is 45.0 Å². The highest BCUT2D eigenvalue weighted by Crippen LogP contribution is 2.49. The monoisotopic (exact) mass is 646 g/mol. The van der Waals surface area contributed by atoms with Crippen LogP contribution in [0.3, 0.4) is 0 Å². The zero-order chi connectivity index (χ0) is 28.1. The number of halogens is 2. The van der Waals surface area contributed by atoms with E-state index < -0.39 is 0 Å². The number of hydrogen-bond donors (Lipinski definition) is 0. The minimum Gasteiger partial charge on any atom is -0.279 e. The van der Waals surface area contributed by atoms with Gasteiger partial charge in [0.05, 0.1) is 0 Å². The average Bonchev–Trinajstić information content (AvgIpc) is 2.87. The number of rotatable bonds is 4. The summed E-state index contributed by atoms with van der Waals surface area (Å²) in [5, 5.41) is 6.65. The lowest BCUT2D eigenvalue weighted by Gasteiger charge is -2.31. The zero-order valence-electron chi connectivity index (χ0n) is 22.0. The fourth-order valence-electron chi connectivity index (χ4n) is 6.06. The van der Waals surface area contributed by atoms with Crippen molar-refractivity contribution >= 4 is 99.1 Å². The van der Waals surface area contributed by atoms with Crippen molar-refractivity contribution in [2.75, 3.05) is 0 Å². The van der Waals surface area contributed by atoms with Crippen molar-refractivity contribution in [3.8, 4) is 0 Å². The lowest BCUT2D eigenvalue weighted by molar-refractivity contribution is -0.117. The Morgan fingerprint density at radius 1 is 0.795 bits per heavy atom. The molecule has 0 saturated carbocycles. The third-order valence-electron chi connectivity index (χ3n) is 7.77. The maximum atomic E-state index is 13.6. The van der Waals surface area contributed by atoms with E-state index in [9.17, 15) is 19.2 Å². The van der Waals surface area contributed by atoms with E-state index in [0.29, 0.717) is 33.0 Å². The molecule has 6 rings (SSSR count). The lowest BCUT2D eigenvalue weighted by Crippen LogP contribution is -2.44. The van der Waals surface area contributed by atoms with Crippen molar-refractivity contribution in [1.82, 2.24) is 9.80 Å². The molecule has 0 unspecified atom stereocenters. The van der Waals surface area contributed by atoms with Crippen molar-refractivity contribution < 1.29 is 19.2 Å². The molecule has 4 amide bonds. The summed E-state index contributed by atoms with van der Waals surface area (Å²) in [7, 11) is 0. The van der Waals surface area contributed by atoms with Crippen molar-refractivity contribution in [2.45, 2.75) is 46.7 Å². The quantitative estimate of drug-likeness (QED) is 0.0872. The van der Waals surface area contributed by atoms with Crippen molar-refractivity contribution in [1.29, 1.82) is 0 Å². The molecular weight excluding hydrogens is 624 g/mol. The number of carbonyl (C=O) groups is 4. The molecule has 196 valence electrons.